The first-order valence-electron chi connectivity index (χ1n) is 14.8. The molecule has 3 aromatic rings. The Labute approximate surface area is 264 Å². The van der Waals surface area contributed by atoms with Crippen LogP contribution in [-0.2, 0) is 17.5 Å². The van der Waals surface area contributed by atoms with Crippen molar-refractivity contribution >= 4 is 29.3 Å². The number of rotatable bonds is 13. The highest BCUT2D eigenvalue weighted by molar-refractivity contribution is 6.04. The molecule has 0 aromatic heterocycles. The molecule has 0 aliphatic carbocycles. The summed E-state index contributed by atoms with van der Waals surface area (Å²) in [6.45, 7) is 3.80. The van der Waals surface area contributed by atoms with E-state index in [2.05, 4.69) is 4.99 Å². The maximum atomic E-state index is 15.3. The van der Waals surface area contributed by atoms with Gasteiger partial charge in [0, 0.05) is 61.6 Å². The summed E-state index contributed by atoms with van der Waals surface area (Å²) in [6.07, 6.45) is -4.47. The minimum atomic E-state index is -4.73. The number of ketones is 4. The number of hydrogen-bond donors (Lipinski definition) is 0. The lowest BCUT2D eigenvalue weighted by atomic mass is 9.91. The summed E-state index contributed by atoms with van der Waals surface area (Å²) >= 11 is 0. The van der Waals surface area contributed by atoms with E-state index in [0.29, 0.717) is 16.7 Å². The quantitative estimate of drug-likeness (QED) is 0.141. The van der Waals surface area contributed by atoms with Crippen molar-refractivity contribution in [3.8, 4) is 0 Å². The molecule has 4 rings (SSSR count). The second-order valence-corrected chi connectivity index (χ2v) is 11.6. The summed E-state index contributed by atoms with van der Waals surface area (Å²) < 4.78 is 55.2. The topological polar surface area (TPSA) is 83.9 Å². The van der Waals surface area contributed by atoms with Crippen molar-refractivity contribution in [3.05, 3.63) is 118 Å². The summed E-state index contributed by atoms with van der Waals surface area (Å²) in [5.74, 6) is -2.77. The van der Waals surface area contributed by atoms with Gasteiger partial charge in [-0.05, 0) is 38.1 Å². The lowest BCUT2D eigenvalue weighted by Crippen LogP contribution is -2.46. The monoisotopic (exact) mass is 634 g/mol. The standard InChI is InChI=1S/C36H34F4N2O4/c1-23-10-4-6-12-25(23)30(43)16-17-31(44)26-13-7-5-11-24(26)21-42(3)35(2)20-29(37)34(41-22-35)33(46)19-18-32(45)27-14-8-9-15-28(27)36(38,39)40/h4-15,22H,16-21H2,1-3H3. The van der Waals surface area contributed by atoms with Crippen LogP contribution in [0.25, 0.3) is 0 Å². The van der Waals surface area contributed by atoms with Gasteiger partial charge in [-0.1, -0.05) is 66.7 Å². The third-order valence-electron chi connectivity index (χ3n) is 8.24. The van der Waals surface area contributed by atoms with E-state index in [-0.39, 0.29) is 37.4 Å². The molecule has 10 heteroatoms. The van der Waals surface area contributed by atoms with Gasteiger partial charge in [-0.2, -0.15) is 13.2 Å². The maximum Gasteiger partial charge on any atom is 0.417 e. The van der Waals surface area contributed by atoms with Crippen LogP contribution in [0.1, 0.15) is 86.8 Å². The Bertz CT molecular complexity index is 1730. The van der Waals surface area contributed by atoms with E-state index in [4.69, 9.17) is 0 Å². The van der Waals surface area contributed by atoms with Crippen LogP contribution in [0.5, 0.6) is 0 Å². The smallest absolute Gasteiger partial charge is 0.294 e. The lowest BCUT2D eigenvalue weighted by molar-refractivity contribution is -0.137. The van der Waals surface area contributed by atoms with Crippen molar-refractivity contribution in [1.29, 1.82) is 0 Å². The second kappa shape index (κ2) is 14.2. The Morgan fingerprint density at radius 1 is 0.761 bits per heavy atom. The largest absolute Gasteiger partial charge is 0.417 e. The van der Waals surface area contributed by atoms with Crippen LogP contribution in [0.3, 0.4) is 0 Å². The van der Waals surface area contributed by atoms with Gasteiger partial charge in [-0.25, -0.2) is 4.39 Å². The van der Waals surface area contributed by atoms with E-state index in [1.807, 2.05) is 19.1 Å². The minimum Gasteiger partial charge on any atom is -0.294 e. The van der Waals surface area contributed by atoms with Gasteiger partial charge in [0.2, 0.25) is 0 Å². The van der Waals surface area contributed by atoms with Crippen LogP contribution in [0.4, 0.5) is 17.6 Å². The maximum absolute atomic E-state index is 15.3. The Hall–Kier alpha value is -4.57. The number of carbonyl (C=O) groups is 4. The summed E-state index contributed by atoms with van der Waals surface area (Å²) in [4.78, 5) is 57.1. The molecular formula is C36H34F4N2O4. The first-order chi connectivity index (χ1) is 21.7. The molecule has 0 amide bonds. The molecule has 6 nitrogen and oxygen atoms in total. The highest BCUT2D eigenvalue weighted by Crippen LogP contribution is 2.34. The Morgan fingerprint density at radius 3 is 1.87 bits per heavy atom. The number of aryl methyl sites for hydroxylation is 1. The number of aliphatic imine (C=N–C) groups is 1. The molecule has 0 bridgehead atoms. The zero-order valence-electron chi connectivity index (χ0n) is 25.8. The molecule has 1 aliphatic heterocycles. The zero-order chi connectivity index (χ0) is 33.6. The van der Waals surface area contributed by atoms with Crippen LogP contribution in [0.2, 0.25) is 0 Å². The number of halogens is 4. The van der Waals surface area contributed by atoms with Gasteiger partial charge in [0.05, 0.1) is 11.1 Å². The van der Waals surface area contributed by atoms with Crippen molar-refractivity contribution in [2.24, 2.45) is 4.99 Å². The number of Topliss-reactive ketones (excluding diaryl/α,β-unsaturated/α-hetero) is 4. The number of alkyl halides is 3. The van der Waals surface area contributed by atoms with Crippen LogP contribution < -0.4 is 0 Å². The Morgan fingerprint density at radius 2 is 1.26 bits per heavy atom. The zero-order valence-corrected chi connectivity index (χ0v) is 25.8. The van der Waals surface area contributed by atoms with Crippen molar-refractivity contribution in [1.82, 2.24) is 4.90 Å². The van der Waals surface area contributed by atoms with Gasteiger partial charge < -0.3 is 0 Å². The molecule has 0 spiro atoms. The first-order valence-corrected chi connectivity index (χ1v) is 14.8. The number of carbonyl (C=O) groups excluding carboxylic acids is 4. The van der Waals surface area contributed by atoms with Crippen molar-refractivity contribution in [3.63, 3.8) is 0 Å². The lowest BCUT2D eigenvalue weighted by Gasteiger charge is -2.37. The first kappa shape index (κ1) is 34.3. The fourth-order valence-corrected chi connectivity index (χ4v) is 5.38. The summed E-state index contributed by atoms with van der Waals surface area (Å²) in [6, 6.07) is 18.5. The van der Waals surface area contributed by atoms with Gasteiger partial charge in [0.25, 0.3) is 0 Å². The van der Waals surface area contributed by atoms with E-state index >= 15 is 4.39 Å². The molecule has 1 atom stereocenters. The van der Waals surface area contributed by atoms with E-state index in [9.17, 15) is 32.3 Å². The van der Waals surface area contributed by atoms with E-state index in [1.165, 1.54) is 18.3 Å². The van der Waals surface area contributed by atoms with Gasteiger partial charge in [-0.3, -0.25) is 29.1 Å². The third kappa shape index (κ3) is 7.98. The number of nitrogens with zero attached hydrogens (tertiary/aromatic N) is 2. The molecule has 46 heavy (non-hydrogen) atoms. The molecule has 0 radical (unpaired) electrons. The molecule has 0 saturated carbocycles. The van der Waals surface area contributed by atoms with Crippen molar-refractivity contribution < 1.29 is 36.7 Å². The molecule has 1 unspecified atom stereocenters. The van der Waals surface area contributed by atoms with Gasteiger partial charge in [0.15, 0.2) is 23.1 Å². The predicted molar refractivity (Wildman–Crippen MR) is 167 cm³/mol. The molecule has 1 aliphatic rings. The molecule has 0 fully saturated rings. The van der Waals surface area contributed by atoms with Gasteiger partial charge in [0.1, 0.15) is 11.5 Å². The van der Waals surface area contributed by atoms with Crippen LogP contribution in [0, 0.1) is 6.92 Å². The fourth-order valence-electron chi connectivity index (χ4n) is 5.38. The van der Waals surface area contributed by atoms with Gasteiger partial charge >= 0.3 is 6.18 Å². The molecule has 0 N–H and O–H groups in total. The van der Waals surface area contributed by atoms with Crippen molar-refractivity contribution in [2.75, 3.05) is 7.05 Å². The Balaban J connectivity index is 1.38. The normalized spacial score (nSPS) is 16.5. The molecule has 1 heterocycles. The molecular weight excluding hydrogens is 600 g/mol. The minimum absolute atomic E-state index is 0.0275. The molecule has 0 saturated heterocycles. The van der Waals surface area contributed by atoms with E-state index < -0.39 is 58.8 Å². The van der Waals surface area contributed by atoms with Gasteiger partial charge in [-0.15, -0.1) is 0 Å². The van der Waals surface area contributed by atoms with Crippen LogP contribution in [-0.4, -0.2) is 46.8 Å². The van der Waals surface area contributed by atoms with Crippen LogP contribution >= 0.6 is 0 Å². The molecule has 3 aromatic carbocycles. The Kier molecular flexibility index (Phi) is 10.6. The SMILES string of the molecule is Cc1ccccc1C(=O)CCC(=O)c1ccccc1CN(C)C1(C)C=NC(C(=O)CCC(=O)c2ccccc2C(F)(F)F)=C(F)C1. The second-order valence-electron chi connectivity index (χ2n) is 11.6. The summed E-state index contributed by atoms with van der Waals surface area (Å²) in [7, 11) is 1.73. The average molecular weight is 635 g/mol. The average Bonchev–Trinajstić information content (AvgIpc) is 3.02. The summed E-state index contributed by atoms with van der Waals surface area (Å²) in [5.41, 5.74) is -0.524. The van der Waals surface area contributed by atoms with E-state index in [1.54, 1.807) is 55.3 Å². The third-order valence-corrected chi connectivity index (χ3v) is 8.24. The highest BCUT2D eigenvalue weighted by atomic mass is 19.4. The molecule has 240 valence electrons. The summed E-state index contributed by atoms with van der Waals surface area (Å²) in [5, 5.41) is 0. The fraction of sp³-hybridized carbons (Fsp3) is 0.306. The highest BCUT2D eigenvalue weighted by Gasteiger charge is 2.36. The number of benzene rings is 3. The number of allylic oxidation sites excluding steroid dienone is 1. The van der Waals surface area contributed by atoms with Crippen LogP contribution in [0.15, 0.2) is 89.3 Å². The predicted octanol–water partition coefficient (Wildman–Crippen LogP) is 7.94. The van der Waals surface area contributed by atoms with E-state index in [0.717, 1.165) is 17.7 Å². The number of hydrogen-bond acceptors (Lipinski definition) is 6. The van der Waals surface area contributed by atoms with Crippen molar-refractivity contribution in [2.45, 2.75) is 64.2 Å².